The van der Waals surface area contributed by atoms with Crippen molar-refractivity contribution in [3.63, 3.8) is 0 Å². The van der Waals surface area contributed by atoms with Crippen molar-refractivity contribution in [3.05, 3.63) is 0 Å². The molecule has 0 bridgehead atoms. The summed E-state index contributed by atoms with van der Waals surface area (Å²) in [5, 5.41) is 11.8. The van der Waals surface area contributed by atoms with E-state index in [4.69, 9.17) is 0 Å². The number of alkyl halides is 2. The smallest absolute Gasteiger partial charge is 0.245 e. The van der Waals surface area contributed by atoms with Gasteiger partial charge < -0.3 is 10.2 Å². The number of carbonyl (C=O) groups is 1. The summed E-state index contributed by atoms with van der Waals surface area (Å²) < 4.78 is 25.3. The molecule has 0 atom stereocenters. The van der Waals surface area contributed by atoms with Gasteiger partial charge in [-0.1, -0.05) is 0 Å². The van der Waals surface area contributed by atoms with Crippen LogP contribution in [0.15, 0.2) is 0 Å². The highest BCUT2D eigenvalue weighted by Gasteiger charge is 2.35. The van der Waals surface area contributed by atoms with Crippen molar-refractivity contribution in [1.82, 2.24) is 10.2 Å². The summed E-state index contributed by atoms with van der Waals surface area (Å²) in [5.74, 6) is -3.31. The number of carbonyl (C=O) groups excluding carboxylic acids is 1. The third-order valence-corrected chi connectivity index (χ3v) is 3.22. The molecule has 1 rings (SSSR count). The van der Waals surface area contributed by atoms with E-state index in [1.54, 1.807) is 0 Å². The fourth-order valence-electron chi connectivity index (χ4n) is 1.93. The lowest BCUT2D eigenvalue weighted by atomic mass is 9.89. The zero-order chi connectivity index (χ0) is 13.8. The van der Waals surface area contributed by atoms with Crippen LogP contribution in [0.4, 0.5) is 8.78 Å². The SMILES string of the molecule is CN1CCC(C#N)(NC(=O)CCC(C)(F)F)CC1. The Labute approximate surface area is 106 Å². The van der Waals surface area contributed by atoms with E-state index >= 15 is 0 Å². The van der Waals surface area contributed by atoms with Crippen molar-refractivity contribution in [2.75, 3.05) is 20.1 Å². The summed E-state index contributed by atoms with van der Waals surface area (Å²) in [6, 6.07) is 2.12. The fourth-order valence-corrected chi connectivity index (χ4v) is 1.93. The van der Waals surface area contributed by atoms with Gasteiger partial charge >= 0.3 is 0 Å². The first-order chi connectivity index (χ1) is 8.26. The first kappa shape index (κ1) is 14.8. The number of likely N-dealkylation sites (tertiary alicyclic amines) is 1. The number of hydrogen-bond donors (Lipinski definition) is 1. The molecule has 1 amide bonds. The van der Waals surface area contributed by atoms with E-state index in [9.17, 15) is 18.8 Å². The Hall–Kier alpha value is -1.22. The number of piperidine rings is 1. The van der Waals surface area contributed by atoms with Crippen LogP contribution in [0.25, 0.3) is 0 Å². The molecule has 0 aromatic carbocycles. The predicted molar refractivity (Wildman–Crippen MR) is 63.1 cm³/mol. The monoisotopic (exact) mass is 259 g/mol. The van der Waals surface area contributed by atoms with Crippen molar-refractivity contribution in [3.8, 4) is 6.07 Å². The maximum absolute atomic E-state index is 12.6. The summed E-state index contributed by atoms with van der Waals surface area (Å²) in [6.07, 6.45) is 0.339. The van der Waals surface area contributed by atoms with E-state index in [2.05, 4.69) is 16.3 Å². The molecular formula is C12H19F2N3O. The van der Waals surface area contributed by atoms with Gasteiger partial charge in [-0.05, 0) is 26.8 Å². The van der Waals surface area contributed by atoms with Gasteiger partial charge in [0.05, 0.1) is 6.07 Å². The van der Waals surface area contributed by atoms with Crippen LogP contribution in [-0.2, 0) is 4.79 Å². The van der Waals surface area contributed by atoms with Gasteiger partial charge in [-0.15, -0.1) is 0 Å². The molecular weight excluding hydrogens is 240 g/mol. The standard InChI is InChI=1S/C12H19F2N3O/c1-11(13,14)4-3-10(18)16-12(9-15)5-7-17(2)8-6-12/h3-8H2,1-2H3,(H,16,18). The normalized spacial score (nSPS) is 20.2. The van der Waals surface area contributed by atoms with Gasteiger partial charge in [0.2, 0.25) is 11.8 Å². The van der Waals surface area contributed by atoms with E-state index < -0.39 is 23.8 Å². The van der Waals surface area contributed by atoms with E-state index in [1.165, 1.54) is 0 Å². The summed E-state index contributed by atoms with van der Waals surface area (Å²) >= 11 is 0. The molecule has 4 nitrogen and oxygen atoms in total. The van der Waals surface area contributed by atoms with Crippen molar-refractivity contribution < 1.29 is 13.6 Å². The number of amides is 1. The molecule has 0 aliphatic carbocycles. The lowest BCUT2D eigenvalue weighted by Gasteiger charge is -2.36. The van der Waals surface area contributed by atoms with E-state index in [0.717, 1.165) is 20.0 Å². The molecule has 1 fully saturated rings. The van der Waals surface area contributed by atoms with Crippen molar-refractivity contribution in [1.29, 1.82) is 5.26 Å². The summed E-state index contributed by atoms with van der Waals surface area (Å²) in [6.45, 7) is 2.23. The number of nitrogens with one attached hydrogen (secondary N) is 1. The number of nitrogens with zero attached hydrogens (tertiary/aromatic N) is 2. The number of halogens is 2. The van der Waals surface area contributed by atoms with Crippen LogP contribution in [-0.4, -0.2) is 42.4 Å². The first-order valence-corrected chi connectivity index (χ1v) is 6.05. The molecule has 0 unspecified atom stereocenters. The molecule has 0 aromatic heterocycles. The van der Waals surface area contributed by atoms with Gasteiger partial charge in [-0.25, -0.2) is 8.78 Å². The average molecular weight is 259 g/mol. The Morgan fingerprint density at radius 3 is 2.50 bits per heavy atom. The van der Waals surface area contributed by atoms with Gasteiger partial charge in [0.25, 0.3) is 0 Å². The minimum absolute atomic E-state index is 0.247. The second-order valence-electron chi connectivity index (χ2n) is 5.12. The van der Waals surface area contributed by atoms with Gasteiger partial charge in [0, 0.05) is 25.9 Å². The highest BCUT2D eigenvalue weighted by molar-refractivity contribution is 5.77. The van der Waals surface area contributed by atoms with Crippen molar-refractivity contribution >= 4 is 5.91 Å². The topological polar surface area (TPSA) is 56.1 Å². The molecule has 1 N–H and O–H groups in total. The first-order valence-electron chi connectivity index (χ1n) is 6.05. The second-order valence-corrected chi connectivity index (χ2v) is 5.12. The molecule has 1 aliphatic heterocycles. The van der Waals surface area contributed by atoms with E-state index in [-0.39, 0.29) is 6.42 Å². The molecule has 102 valence electrons. The van der Waals surface area contributed by atoms with Crippen LogP contribution in [0, 0.1) is 11.3 Å². The third kappa shape index (κ3) is 4.57. The van der Waals surface area contributed by atoms with Gasteiger partial charge in [-0.2, -0.15) is 5.26 Å². The molecule has 0 spiro atoms. The third-order valence-electron chi connectivity index (χ3n) is 3.22. The Balaban J connectivity index is 2.49. The largest absolute Gasteiger partial charge is 0.338 e. The zero-order valence-electron chi connectivity index (χ0n) is 10.8. The van der Waals surface area contributed by atoms with E-state index in [0.29, 0.717) is 12.8 Å². The molecule has 1 heterocycles. The Morgan fingerprint density at radius 2 is 2.06 bits per heavy atom. The maximum Gasteiger partial charge on any atom is 0.245 e. The molecule has 18 heavy (non-hydrogen) atoms. The van der Waals surface area contributed by atoms with Crippen molar-refractivity contribution in [2.45, 2.75) is 44.1 Å². The molecule has 0 saturated carbocycles. The van der Waals surface area contributed by atoms with Crippen molar-refractivity contribution in [2.24, 2.45) is 0 Å². The van der Waals surface area contributed by atoms with Crippen LogP contribution in [0.3, 0.4) is 0 Å². The quantitative estimate of drug-likeness (QED) is 0.833. The van der Waals surface area contributed by atoms with Crippen LogP contribution >= 0.6 is 0 Å². The Kier molecular flexibility index (Phi) is 4.63. The molecule has 6 heteroatoms. The molecule has 0 radical (unpaired) electrons. The number of nitriles is 1. The van der Waals surface area contributed by atoms with Crippen LogP contribution in [0.5, 0.6) is 0 Å². The Morgan fingerprint density at radius 1 is 1.50 bits per heavy atom. The van der Waals surface area contributed by atoms with Crippen LogP contribution in [0.1, 0.15) is 32.6 Å². The highest BCUT2D eigenvalue weighted by atomic mass is 19.3. The fraction of sp³-hybridized carbons (Fsp3) is 0.833. The Bertz CT molecular complexity index is 338. The van der Waals surface area contributed by atoms with Gasteiger partial charge in [0.1, 0.15) is 5.54 Å². The summed E-state index contributed by atoms with van der Waals surface area (Å²) in [5.41, 5.74) is -0.882. The molecule has 0 aromatic rings. The molecule has 1 aliphatic rings. The van der Waals surface area contributed by atoms with Gasteiger partial charge in [-0.3, -0.25) is 4.79 Å². The lowest BCUT2D eigenvalue weighted by Crippen LogP contribution is -2.53. The second kappa shape index (κ2) is 5.61. The van der Waals surface area contributed by atoms with Gasteiger partial charge in [0.15, 0.2) is 0 Å². The predicted octanol–water partition coefficient (Wildman–Crippen LogP) is 1.53. The maximum atomic E-state index is 12.6. The average Bonchev–Trinajstić information content (AvgIpc) is 2.29. The summed E-state index contributed by atoms with van der Waals surface area (Å²) in [4.78, 5) is 13.7. The molecule has 1 saturated heterocycles. The zero-order valence-corrected chi connectivity index (χ0v) is 10.8. The van der Waals surface area contributed by atoms with E-state index in [1.807, 2.05) is 7.05 Å². The number of rotatable bonds is 4. The lowest BCUT2D eigenvalue weighted by molar-refractivity contribution is -0.124. The van der Waals surface area contributed by atoms with Crippen LogP contribution in [0.2, 0.25) is 0 Å². The van der Waals surface area contributed by atoms with Crippen LogP contribution < -0.4 is 5.32 Å². The minimum atomic E-state index is -2.84. The number of hydrogen-bond acceptors (Lipinski definition) is 3. The highest BCUT2D eigenvalue weighted by Crippen LogP contribution is 2.22. The minimum Gasteiger partial charge on any atom is -0.338 e. The summed E-state index contributed by atoms with van der Waals surface area (Å²) in [7, 11) is 1.95.